The van der Waals surface area contributed by atoms with Gasteiger partial charge < -0.3 is 15.0 Å². The Kier molecular flexibility index (Phi) is 4.77. The molecule has 1 amide bonds. The van der Waals surface area contributed by atoms with Gasteiger partial charge >= 0.3 is 0 Å². The fraction of sp³-hybridized carbons (Fsp3) is 0.400. The Bertz CT molecular complexity index is 629. The predicted molar refractivity (Wildman–Crippen MR) is 84.4 cm³/mol. The molecule has 1 N–H and O–H groups in total. The van der Waals surface area contributed by atoms with E-state index in [-0.39, 0.29) is 11.9 Å². The monoisotopic (exact) mass is 318 g/mol. The van der Waals surface area contributed by atoms with Crippen LogP contribution in [0.3, 0.4) is 0 Å². The van der Waals surface area contributed by atoms with E-state index in [4.69, 9.17) is 4.74 Å². The smallest absolute Gasteiger partial charge is 0.242 e. The minimum Gasteiger partial charge on any atom is -0.383 e. The number of hydrogen-bond donors (Lipinski definition) is 1. The van der Waals surface area contributed by atoms with Crippen LogP contribution in [0.4, 0.5) is 0 Å². The van der Waals surface area contributed by atoms with Gasteiger partial charge in [0.25, 0.3) is 0 Å². The molecule has 1 aliphatic heterocycles. The van der Waals surface area contributed by atoms with Gasteiger partial charge in [0, 0.05) is 43.5 Å². The second kappa shape index (κ2) is 6.95. The summed E-state index contributed by atoms with van der Waals surface area (Å²) in [5.41, 5.74) is 1.90. The molecule has 1 aliphatic rings. The Morgan fingerprint density at radius 2 is 2.45 bits per heavy atom. The van der Waals surface area contributed by atoms with Gasteiger partial charge in [0.15, 0.2) is 0 Å². The molecule has 0 spiro atoms. The molecule has 22 heavy (non-hydrogen) atoms. The van der Waals surface area contributed by atoms with Crippen molar-refractivity contribution in [2.24, 2.45) is 0 Å². The Morgan fingerprint density at radius 3 is 3.23 bits per heavy atom. The number of piperazine rings is 1. The predicted octanol–water partition coefficient (Wildman–Crippen LogP) is 1.15. The number of methoxy groups -OCH3 is 1. The van der Waals surface area contributed by atoms with Gasteiger partial charge in [-0.15, -0.1) is 11.3 Å². The summed E-state index contributed by atoms with van der Waals surface area (Å²) < 4.78 is 5.08. The largest absolute Gasteiger partial charge is 0.383 e. The van der Waals surface area contributed by atoms with Crippen molar-refractivity contribution in [1.29, 1.82) is 0 Å². The number of carbonyl (C=O) groups is 1. The summed E-state index contributed by atoms with van der Waals surface area (Å²) in [6.45, 7) is 2.42. The van der Waals surface area contributed by atoms with Crippen LogP contribution in [0.2, 0.25) is 0 Å². The third-order valence-electron chi connectivity index (χ3n) is 3.55. The third-order valence-corrected chi connectivity index (χ3v) is 4.38. The van der Waals surface area contributed by atoms with Crippen LogP contribution in [-0.2, 0) is 16.1 Å². The van der Waals surface area contributed by atoms with Crippen molar-refractivity contribution in [2.45, 2.75) is 12.6 Å². The molecule has 1 unspecified atom stereocenters. The Balaban J connectivity index is 1.68. The van der Waals surface area contributed by atoms with E-state index in [0.717, 1.165) is 22.8 Å². The van der Waals surface area contributed by atoms with E-state index in [1.807, 2.05) is 22.4 Å². The molecule has 0 aromatic carbocycles. The van der Waals surface area contributed by atoms with E-state index in [0.29, 0.717) is 19.7 Å². The van der Waals surface area contributed by atoms with Gasteiger partial charge in [-0.1, -0.05) is 0 Å². The average molecular weight is 318 g/mol. The van der Waals surface area contributed by atoms with E-state index < -0.39 is 0 Å². The molecule has 7 heteroatoms. The number of thiazole rings is 1. The highest BCUT2D eigenvalue weighted by atomic mass is 32.1. The lowest BCUT2D eigenvalue weighted by Crippen LogP contribution is -2.56. The zero-order valence-corrected chi connectivity index (χ0v) is 13.2. The van der Waals surface area contributed by atoms with Crippen molar-refractivity contribution < 1.29 is 9.53 Å². The lowest BCUT2D eigenvalue weighted by molar-refractivity contribution is -0.137. The molecular weight excluding hydrogens is 300 g/mol. The molecule has 0 saturated carbocycles. The van der Waals surface area contributed by atoms with Crippen LogP contribution in [0.1, 0.15) is 5.01 Å². The standard InChI is InChI=1S/C15H18N4O2S/c1-21-9-12-15(20)19(6-5-17-12)8-14-18-13(10-22-14)11-3-2-4-16-7-11/h2-4,7,10,12,17H,5-6,8-9H2,1H3. The highest BCUT2D eigenvalue weighted by molar-refractivity contribution is 7.09. The number of aromatic nitrogens is 2. The third kappa shape index (κ3) is 3.32. The van der Waals surface area contributed by atoms with Gasteiger partial charge in [-0.25, -0.2) is 4.98 Å². The number of pyridine rings is 1. The first-order valence-electron chi connectivity index (χ1n) is 7.14. The van der Waals surface area contributed by atoms with Gasteiger partial charge in [0.1, 0.15) is 11.0 Å². The number of hydrogen-bond acceptors (Lipinski definition) is 6. The summed E-state index contributed by atoms with van der Waals surface area (Å²) in [7, 11) is 1.61. The summed E-state index contributed by atoms with van der Waals surface area (Å²) >= 11 is 1.57. The zero-order valence-electron chi connectivity index (χ0n) is 12.4. The molecule has 1 fully saturated rings. The fourth-order valence-electron chi connectivity index (χ4n) is 2.44. The van der Waals surface area contributed by atoms with E-state index >= 15 is 0 Å². The maximum Gasteiger partial charge on any atom is 0.242 e. The van der Waals surface area contributed by atoms with Crippen LogP contribution in [0.5, 0.6) is 0 Å². The van der Waals surface area contributed by atoms with Gasteiger partial charge in [0.2, 0.25) is 5.91 Å². The van der Waals surface area contributed by atoms with Crippen LogP contribution >= 0.6 is 11.3 Å². The first kappa shape index (κ1) is 15.1. The lowest BCUT2D eigenvalue weighted by Gasteiger charge is -2.32. The minimum atomic E-state index is -0.253. The van der Waals surface area contributed by atoms with Gasteiger partial charge in [-0.2, -0.15) is 0 Å². The lowest BCUT2D eigenvalue weighted by atomic mass is 10.2. The van der Waals surface area contributed by atoms with Crippen molar-refractivity contribution in [3.63, 3.8) is 0 Å². The van der Waals surface area contributed by atoms with E-state index in [1.54, 1.807) is 30.8 Å². The molecule has 3 heterocycles. The summed E-state index contributed by atoms with van der Waals surface area (Å²) in [5, 5.41) is 6.12. The Hall–Kier alpha value is -1.83. The maximum atomic E-state index is 12.3. The molecule has 116 valence electrons. The number of ether oxygens (including phenoxy) is 1. The highest BCUT2D eigenvalue weighted by Crippen LogP contribution is 2.22. The Labute approximate surface area is 133 Å². The van der Waals surface area contributed by atoms with E-state index in [2.05, 4.69) is 15.3 Å². The first-order chi connectivity index (χ1) is 10.8. The summed E-state index contributed by atoms with van der Waals surface area (Å²) in [5.74, 6) is 0.0752. The number of rotatable bonds is 5. The second-order valence-corrected chi connectivity index (χ2v) is 6.03. The molecule has 0 bridgehead atoms. The minimum absolute atomic E-state index is 0.0752. The first-order valence-corrected chi connectivity index (χ1v) is 8.02. The summed E-state index contributed by atoms with van der Waals surface area (Å²) in [6.07, 6.45) is 3.54. The van der Waals surface area contributed by atoms with Gasteiger partial charge in [0.05, 0.1) is 18.8 Å². The van der Waals surface area contributed by atoms with Crippen molar-refractivity contribution in [2.75, 3.05) is 26.8 Å². The fourth-order valence-corrected chi connectivity index (χ4v) is 3.26. The van der Waals surface area contributed by atoms with Crippen LogP contribution in [0.25, 0.3) is 11.3 Å². The highest BCUT2D eigenvalue weighted by Gasteiger charge is 2.28. The van der Waals surface area contributed by atoms with Crippen LogP contribution in [0.15, 0.2) is 29.9 Å². The SMILES string of the molecule is COCC1NCCN(Cc2nc(-c3cccnc3)cs2)C1=O. The van der Waals surface area contributed by atoms with Crippen LogP contribution in [-0.4, -0.2) is 53.6 Å². The summed E-state index contributed by atoms with van der Waals surface area (Å²) in [4.78, 5) is 22.9. The van der Waals surface area contributed by atoms with Gasteiger partial charge in [-0.05, 0) is 12.1 Å². The van der Waals surface area contributed by atoms with Gasteiger partial charge in [-0.3, -0.25) is 9.78 Å². The molecule has 1 saturated heterocycles. The molecule has 1 atom stereocenters. The van der Waals surface area contributed by atoms with Crippen molar-refractivity contribution in [1.82, 2.24) is 20.2 Å². The Morgan fingerprint density at radius 1 is 1.55 bits per heavy atom. The van der Waals surface area contributed by atoms with Crippen molar-refractivity contribution in [3.8, 4) is 11.3 Å². The quantitative estimate of drug-likeness (QED) is 0.896. The molecule has 0 radical (unpaired) electrons. The van der Waals surface area contributed by atoms with E-state index in [9.17, 15) is 4.79 Å². The normalized spacial score (nSPS) is 18.7. The maximum absolute atomic E-state index is 12.3. The molecule has 2 aromatic heterocycles. The van der Waals surface area contributed by atoms with Crippen LogP contribution in [0, 0.1) is 0 Å². The average Bonchev–Trinajstić information content (AvgIpc) is 3.01. The number of amides is 1. The molecule has 6 nitrogen and oxygen atoms in total. The zero-order chi connectivity index (χ0) is 15.4. The summed E-state index contributed by atoms with van der Waals surface area (Å²) in [6, 6.07) is 3.62. The van der Waals surface area contributed by atoms with Crippen LogP contribution < -0.4 is 5.32 Å². The molecular formula is C15H18N4O2S. The number of nitrogens with zero attached hydrogens (tertiary/aromatic N) is 3. The molecule has 0 aliphatic carbocycles. The topological polar surface area (TPSA) is 67.3 Å². The van der Waals surface area contributed by atoms with Crippen molar-refractivity contribution in [3.05, 3.63) is 34.9 Å². The number of nitrogens with one attached hydrogen (secondary N) is 1. The molecule has 3 rings (SSSR count). The second-order valence-electron chi connectivity index (χ2n) is 5.09. The van der Waals surface area contributed by atoms with E-state index in [1.165, 1.54) is 0 Å². The number of carbonyl (C=O) groups excluding carboxylic acids is 1. The van der Waals surface area contributed by atoms with Crippen molar-refractivity contribution >= 4 is 17.2 Å². The molecule has 2 aromatic rings.